The van der Waals surface area contributed by atoms with Gasteiger partial charge < -0.3 is 10.1 Å². The molecule has 0 aromatic heterocycles. The van der Waals surface area contributed by atoms with Gasteiger partial charge in [0.2, 0.25) is 0 Å². The Kier molecular flexibility index (Phi) is 5.97. The lowest BCUT2D eigenvalue weighted by Gasteiger charge is -2.12. The van der Waals surface area contributed by atoms with Crippen LogP contribution in [0.2, 0.25) is 0 Å². The number of rotatable bonds is 8. The van der Waals surface area contributed by atoms with Gasteiger partial charge in [0.05, 0.1) is 11.8 Å². The smallest absolute Gasteiger partial charge is 0.264 e. The van der Waals surface area contributed by atoms with Gasteiger partial charge in [-0.1, -0.05) is 30.3 Å². The summed E-state index contributed by atoms with van der Waals surface area (Å²) in [5.74, 6) is -0.295. The van der Waals surface area contributed by atoms with Gasteiger partial charge in [-0.05, 0) is 24.9 Å². The third kappa shape index (κ3) is 6.48. The highest BCUT2D eigenvalue weighted by molar-refractivity contribution is 7.85. The summed E-state index contributed by atoms with van der Waals surface area (Å²) >= 11 is 0. The maximum Gasteiger partial charge on any atom is 0.264 e. The lowest BCUT2D eigenvalue weighted by Crippen LogP contribution is -2.34. The number of benzene rings is 1. The van der Waals surface area contributed by atoms with Crippen LogP contribution in [0.4, 0.5) is 0 Å². The lowest BCUT2D eigenvalue weighted by atomic mass is 10.1. The van der Waals surface area contributed by atoms with E-state index in [-0.39, 0.29) is 18.2 Å². The second-order valence-electron chi connectivity index (χ2n) is 4.03. The van der Waals surface area contributed by atoms with Gasteiger partial charge in [-0.25, -0.2) is 0 Å². The van der Waals surface area contributed by atoms with Crippen molar-refractivity contribution in [2.24, 2.45) is 0 Å². The minimum absolute atomic E-state index is 0.276. The minimum atomic E-state index is -3.92. The van der Waals surface area contributed by atoms with Crippen molar-refractivity contribution >= 4 is 16.4 Å². The zero-order valence-electron chi connectivity index (χ0n) is 9.95. The molecule has 1 aromatic carbocycles. The molecule has 2 N–H and O–H groups in total. The van der Waals surface area contributed by atoms with E-state index in [0.29, 0.717) is 13.0 Å². The molecule has 0 bridgehead atoms. The van der Waals surface area contributed by atoms with E-state index < -0.39 is 10.1 Å². The molecule has 0 fully saturated rings. The zero-order chi connectivity index (χ0) is 13.4. The van der Waals surface area contributed by atoms with E-state index in [9.17, 15) is 13.2 Å². The molecular formula is C12H17NO4S. The SMILES string of the molecule is O=C[C@H](Cc1ccccc1)NCCCS(=O)(=O)O. The second-order valence-corrected chi connectivity index (χ2v) is 5.60. The third-order valence-electron chi connectivity index (χ3n) is 2.45. The normalized spacial score (nSPS) is 13.2. The van der Waals surface area contributed by atoms with E-state index in [2.05, 4.69) is 5.32 Å². The molecule has 18 heavy (non-hydrogen) atoms. The van der Waals surface area contributed by atoms with Crippen LogP contribution in [0, 0.1) is 0 Å². The van der Waals surface area contributed by atoms with E-state index in [4.69, 9.17) is 4.55 Å². The number of carbonyl (C=O) groups is 1. The first-order valence-corrected chi connectivity index (χ1v) is 7.30. The Hall–Kier alpha value is -1.24. The molecule has 0 heterocycles. The summed E-state index contributed by atoms with van der Waals surface area (Å²) in [6.45, 7) is 0.371. The highest BCUT2D eigenvalue weighted by Gasteiger charge is 2.08. The average Bonchev–Trinajstić information content (AvgIpc) is 2.33. The van der Waals surface area contributed by atoms with E-state index in [1.165, 1.54) is 0 Å². The number of nitrogens with one attached hydrogen (secondary N) is 1. The fraction of sp³-hybridized carbons (Fsp3) is 0.417. The molecule has 100 valence electrons. The Bertz CT molecular complexity index is 458. The summed E-state index contributed by atoms with van der Waals surface area (Å²) in [7, 11) is -3.92. The molecule has 1 atom stereocenters. The highest BCUT2D eigenvalue weighted by atomic mass is 32.2. The highest BCUT2D eigenvalue weighted by Crippen LogP contribution is 2.02. The van der Waals surface area contributed by atoms with E-state index in [0.717, 1.165) is 11.8 Å². The van der Waals surface area contributed by atoms with Crippen molar-refractivity contribution in [2.45, 2.75) is 18.9 Å². The zero-order valence-corrected chi connectivity index (χ0v) is 10.8. The molecule has 0 aliphatic carbocycles. The van der Waals surface area contributed by atoms with Crippen LogP contribution < -0.4 is 5.32 Å². The van der Waals surface area contributed by atoms with Crippen LogP contribution in [-0.4, -0.2) is 37.6 Å². The van der Waals surface area contributed by atoms with Crippen LogP contribution in [0.25, 0.3) is 0 Å². The first-order chi connectivity index (χ1) is 8.51. The van der Waals surface area contributed by atoms with Gasteiger partial charge >= 0.3 is 0 Å². The molecule has 0 radical (unpaired) electrons. The van der Waals surface area contributed by atoms with Gasteiger partial charge in [-0.15, -0.1) is 0 Å². The Labute approximate surface area is 107 Å². The summed E-state index contributed by atoms with van der Waals surface area (Å²) in [5.41, 5.74) is 1.04. The van der Waals surface area contributed by atoms with E-state index in [1.807, 2.05) is 30.3 Å². The van der Waals surface area contributed by atoms with Crippen LogP contribution in [0.5, 0.6) is 0 Å². The number of carbonyl (C=O) groups excluding carboxylic acids is 1. The molecule has 0 aliphatic heterocycles. The quantitative estimate of drug-likeness (QED) is 0.412. The minimum Gasteiger partial charge on any atom is -0.307 e. The molecule has 0 saturated carbocycles. The Morgan fingerprint density at radius 3 is 2.50 bits per heavy atom. The molecule has 0 amide bonds. The van der Waals surface area contributed by atoms with Crippen LogP contribution in [0.1, 0.15) is 12.0 Å². The predicted octanol–water partition coefficient (Wildman–Crippen LogP) is 0.664. The summed E-state index contributed by atoms with van der Waals surface area (Å²) in [4.78, 5) is 10.9. The Morgan fingerprint density at radius 2 is 1.94 bits per heavy atom. The Balaban J connectivity index is 2.32. The van der Waals surface area contributed by atoms with Crippen molar-refractivity contribution in [1.82, 2.24) is 5.32 Å². The van der Waals surface area contributed by atoms with Gasteiger partial charge in [0.25, 0.3) is 10.1 Å². The monoisotopic (exact) mass is 271 g/mol. The maximum absolute atomic E-state index is 10.9. The van der Waals surface area contributed by atoms with Crippen molar-refractivity contribution in [3.05, 3.63) is 35.9 Å². The molecule has 5 nitrogen and oxygen atoms in total. The summed E-state index contributed by atoms with van der Waals surface area (Å²) in [6.07, 6.45) is 1.65. The third-order valence-corrected chi connectivity index (χ3v) is 3.25. The fourth-order valence-corrected chi connectivity index (χ4v) is 2.09. The second kappa shape index (κ2) is 7.25. The van der Waals surface area contributed by atoms with Crippen LogP contribution in [-0.2, 0) is 21.3 Å². The van der Waals surface area contributed by atoms with Gasteiger partial charge in [0.1, 0.15) is 6.29 Å². The van der Waals surface area contributed by atoms with Gasteiger partial charge in [0, 0.05) is 0 Å². The molecule has 0 unspecified atom stereocenters. The first-order valence-electron chi connectivity index (χ1n) is 5.69. The first kappa shape index (κ1) is 14.8. The van der Waals surface area contributed by atoms with Crippen molar-refractivity contribution in [3.63, 3.8) is 0 Å². The molecule has 1 rings (SSSR count). The molecule has 6 heteroatoms. The van der Waals surface area contributed by atoms with Gasteiger partial charge in [0.15, 0.2) is 0 Å². The molecule has 0 spiro atoms. The van der Waals surface area contributed by atoms with Crippen molar-refractivity contribution in [2.75, 3.05) is 12.3 Å². The average molecular weight is 271 g/mol. The standard InChI is InChI=1S/C12H17NO4S/c14-10-12(9-11-5-2-1-3-6-11)13-7-4-8-18(15,16)17/h1-3,5-6,10,12-13H,4,7-9H2,(H,15,16,17)/t12-/m0/s1. The topological polar surface area (TPSA) is 83.5 Å². The lowest BCUT2D eigenvalue weighted by molar-refractivity contribution is -0.109. The van der Waals surface area contributed by atoms with Crippen LogP contribution in [0.3, 0.4) is 0 Å². The Morgan fingerprint density at radius 1 is 1.28 bits per heavy atom. The number of hydrogen-bond donors (Lipinski definition) is 2. The molecular weight excluding hydrogens is 254 g/mol. The summed E-state index contributed by atoms with van der Waals surface area (Å²) in [6, 6.07) is 9.21. The summed E-state index contributed by atoms with van der Waals surface area (Å²) in [5, 5.41) is 2.95. The number of aldehydes is 1. The van der Waals surface area contributed by atoms with E-state index in [1.54, 1.807) is 0 Å². The molecule has 1 aromatic rings. The van der Waals surface area contributed by atoms with Crippen molar-refractivity contribution in [3.8, 4) is 0 Å². The van der Waals surface area contributed by atoms with Crippen LogP contribution in [0.15, 0.2) is 30.3 Å². The maximum atomic E-state index is 10.9. The molecule has 0 saturated heterocycles. The fourth-order valence-electron chi connectivity index (χ4n) is 1.58. The number of hydrogen-bond acceptors (Lipinski definition) is 4. The predicted molar refractivity (Wildman–Crippen MR) is 69.0 cm³/mol. The largest absolute Gasteiger partial charge is 0.307 e. The van der Waals surface area contributed by atoms with Crippen molar-refractivity contribution < 1.29 is 17.8 Å². The van der Waals surface area contributed by atoms with Gasteiger partial charge in [-0.3, -0.25) is 4.55 Å². The van der Waals surface area contributed by atoms with E-state index >= 15 is 0 Å². The van der Waals surface area contributed by atoms with Crippen molar-refractivity contribution in [1.29, 1.82) is 0 Å². The summed E-state index contributed by atoms with van der Waals surface area (Å²) < 4.78 is 29.5. The molecule has 0 aliphatic rings. The van der Waals surface area contributed by atoms with Crippen LogP contribution >= 0.6 is 0 Å². The van der Waals surface area contributed by atoms with Gasteiger partial charge in [-0.2, -0.15) is 8.42 Å².